The third-order valence-electron chi connectivity index (χ3n) is 3.77. The average molecular weight is 241 g/mol. The first kappa shape index (κ1) is 14.5. The summed E-state index contributed by atoms with van der Waals surface area (Å²) in [6.07, 6.45) is 3.05. The maximum absolute atomic E-state index is 12.3. The Bertz CT molecular complexity index is 237. The van der Waals surface area contributed by atoms with E-state index < -0.39 is 0 Å². The average Bonchev–Trinajstić information content (AvgIpc) is 2.79. The zero-order chi connectivity index (χ0) is 12.7. The number of rotatable bonds is 7. The molecule has 1 aliphatic rings. The molecule has 0 aromatic carbocycles. The van der Waals surface area contributed by atoms with Crippen LogP contribution in [0.25, 0.3) is 0 Å². The summed E-state index contributed by atoms with van der Waals surface area (Å²) in [5, 5.41) is 6.41. The predicted molar refractivity (Wildman–Crippen MR) is 71.0 cm³/mol. The van der Waals surface area contributed by atoms with Gasteiger partial charge in [-0.15, -0.1) is 0 Å². The fraction of sp³-hybridized carbons (Fsp3) is 0.923. The quantitative estimate of drug-likeness (QED) is 0.694. The summed E-state index contributed by atoms with van der Waals surface area (Å²) < 4.78 is 0. The van der Waals surface area contributed by atoms with Crippen molar-refractivity contribution >= 4 is 5.91 Å². The lowest BCUT2D eigenvalue weighted by Gasteiger charge is -2.27. The van der Waals surface area contributed by atoms with Crippen molar-refractivity contribution in [3.8, 4) is 0 Å². The normalized spacial score (nSPS) is 24.2. The highest BCUT2D eigenvalue weighted by molar-refractivity contribution is 5.83. The van der Waals surface area contributed by atoms with Gasteiger partial charge in [-0.2, -0.15) is 0 Å². The lowest BCUT2D eigenvalue weighted by Crippen LogP contribution is -2.44. The first-order chi connectivity index (χ1) is 8.14. The standard InChI is InChI=1S/C13H27N3O/c1-4-6-13(7-8-14-11-13)12(17)15-9-10-16(3)5-2/h14H,4-11H2,1-3H3,(H,15,17). The summed E-state index contributed by atoms with van der Waals surface area (Å²) in [6, 6.07) is 0. The highest BCUT2D eigenvalue weighted by Crippen LogP contribution is 2.31. The molecule has 1 saturated heterocycles. The Labute approximate surface area is 105 Å². The molecule has 1 aliphatic heterocycles. The molecule has 0 aromatic rings. The van der Waals surface area contributed by atoms with E-state index >= 15 is 0 Å². The van der Waals surface area contributed by atoms with Crippen LogP contribution in [0.3, 0.4) is 0 Å². The lowest BCUT2D eigenvalue weighted by molar-refractivity contribution is -0.130. The molecule has 4 heteroatoms. The third kappa shape index (κ3) is 3.96. The second kappa shape index (κ2) is 6.97. The molecule has 1 heterocycles. The van der Waals surface area contributed by atoms with Crippen LogP contribution < -0.4 is 10.6 Å². The van der Waals surface area contributed by atoms with E-state index in [-0.39, 0.29) is 11.3 Å². The van der Waals surface area contributed by atoms with Gasteiger partial charge in [-0.25, -0.2) is 0 Å². The molecule has 0 saturated carbocycles. The number of nitrogens with zero attached hydrogens (tertiary/aromatic N) is 1. The number of amides is 1. The van der Waals surface area contributed by atoms with Crippen molar-refractivity contribution in [1.82, 2.24) is 15.5 Å². The molecule has 1 atom stereocenters. The molecule has 100 valence electrons. The van der Waals surface area contributed by atoms with Crippen LogP contribution in [0.5, 0.6) is 0 Å². The summed E-state index contributed by atoms with van der Waals surface area (Å²) in [6.45, 7) is 8.81. The monoisotopic (exact) mass is 241 g/mol. The maximum Gasteiger partial charge on any atom is 0.227 e. The highest BCUT2D eigenvalue weighted by atomic mass is 16.2. The second-order valence-corrected chi connectivity index (χ2v) is 5.11. The topological polar surface area (TPSA) is 44.4 Å². The molecule has 0 radical (unpaired) electrons. The van der Waals surface area contributed by atoms with Gasteiger partial charge in [0, 0.05) is 19.6 Å². The minimum atomic E-state index is -0.139. The molecule has 0 aliphatic carbocycles. The minimum absolute atomic E-state index is 0.139. The Kier molecular flexibility index (Phi) is 5.92. The number of hydrogen-bond donors (Lipinski definition) is 2. The van der Waals surface area contributed by atoms with E-state index in [1.54, 1.807) is 0 Å². The van der Waals surface area contributed by atoms with Crippen LogP contribution in [0, 0.1) is 5.41 Å². The molecule has 1 amide bonds. The van der Waals surface area contributed by atoms with Gasteiger partial charge in [-0.05, 0) is 33.0 Å². The molecule has 17 heavy (non-hydrogen) atoms. The van der Waals surface area contributed by atoms with E-state index in [9.17, 15) is 4.79 Å². The first-order valence-corrected chi connectivity index (χ1v) is 6.82. The van der Waals surface area contributed by atoms with E-state index in [0.717, 1.165) is 52.0 Å². The van der Waals surface area contributed by atoms with Gasteiger partial charge in [0.2, 0.25) is 5.91 Å². The van der Waals surface area contributed by atoms with Gasteiger partial charge in [0.05, 0.1) is 5.41 Å². The van der Waals surface area contributed by atoms with Crippen molar-refractivity contribution in [3.63, 3.8) is 0 Å². The summed E-state index contributed by atoms with van der Waals surface area (Å²) in [5.74, 6) is 0.244. The molecule has 0 spiro atoms. The molecular formula is C13H27N3O. The van der Waals surface area contributed by atoms with Crippen molar-refractivity contribution in [1.29, 1.82) is 0 Å². The van der Waals surface area contributed by atoms with Gasteiger partial charge in [-0.1, -0.05) is 20.3 Å². The SMILES string of the molecule is CCCC1(C(=O)NCCN(C)CC)CCNC1. The van der Waals surface area contributed by atoms with Gasteiger partial charge in [0.15, 0.2) is 0 Å². The Morgan fingerprint density at radius 3 is 2.76 bits per heavy atom. The van der Waals surface area contributed by atoms with Gasteiger partial charge in [0.25, 0.3) is 0 Å². The Morgan fingerprint density at radius 2 is 2.24 bits per heavy atom. The van der Waals surface area contributed by atoms with Crippen molar-refractivity contribution in [2.75, 3.05) is 39.8 Å². The summed E-state index contributed by atoms with van der Waals surface area (Å²) in [7, 11) is 2.07. The van der Waals surface area contributed by atoms with E-state index in [1.165, 1.54) is 0 Å². The Balaban J connectivity index is 2.38. The smallest absolute Gasteiger partial charge is 0.227 e. The number of nitrogens with one attached hydrogen (secondary N) is 2. The van der Waals surface area contributed by atoms with Crippen LogP contribution in [0.15, 0.2) is 0 Å². The van der Waals surface area contributed by atoms with Crippen molar-refractivity contribution in [2.45, 2.75) is 33.1 Å². The van der Waals surface area contributed by atoms with E-state index in [4.69, 9.17) is 0 Å². The lowest BCUT2D eigenvalue weighted by atomic mass is 9.81. The van der Waals surface area contributed by atoms with Crippen LogP contribution in [-0.2, 0) is 4.79 Å². The number of likely N-dealkylation sites (N-methyl/N-ethyl adjacent to an activating group) is 1. The maximum atomic E-state index is 12.3. The van der Waals surface area contributed by atoms with E-state index in [1.807, 2.05) is 0 Å². The van der Waals surface area contributed by atoms with Crippen LogP contribution in [0.1, 0.15) is 33.1 Å². The minimum Gasteiger partial charge on any atom is -0.354 e. The molecule has 4 nitrogen and oxygen atoms in total. The molecule has 1 rings (SSSR count). The Hall–Kier alpha value is -0.610. The number of hydrogen-bond acceptors (Lipinski definition) is 3. The molecule has 1 fully saturated rings. The second-order valence-electron chi connectivity index (χ2n) is 5.11. The molecular weight excluding hydrogens is 214 g/mol. The fourth-order valence-electron chi connectivity index (χ4n) is 2.45. The largest absolute Gasteiger partial charge is 0.354 e. The zero-order valence-electron chi connectivity index (χ0n) is 11.5. The fourth-order valence-corrected chi connectivity index (χ4v) is 2.45. The predicted octanol–water partition coefficient (Wildman–Crippen LogP) is 0.834. The van der Waals surface area contributed by atoms with Crippen LogP contribution in [0.4, 0.5) is 0 Å². The van der Waals surface area contributed by atoms with E-state index in [0.29, 0.717) is 0 Å². The summed E-state index contributed by atoms with van der Waals surface area (Å²) in [4.78, 5) is 14.5. The summed E-state index contributed by atoms with van der Waals surface area (Å²) in [5.41, 5.74) is -0.139. The zero-order valence-corrected chi connectivity index (χ0v) is 11.5. The highest BCUT2D eigenvalue weighted by Gasteiger charge is 2.39. The van der Waals surface area contributed by atoms with Crippen LogP contribution in [-0.4, -0.2) is 50.6 Å². The van der Waals surface area contributed by atoms with Gasteiger partial charge in [0.1, 0.15) is 0 Å². The van der Waals surface area contributed by atoms with Crippen molar-refractivity contribution in [2.24, 2.45) is 5.41 Å². The van der Waals surface area contributed by atoms with Gasteiger partial charge in [-0.3, -0.25) is 4.79 Å². The molecule has 2 N–H and O–H groups in total. The first-order valence-electron chi connectivity index (χ1n) is 6.82. The van der Waals surface area contributed by atoms with Gasteiger partial charge >= 0.3 is 0 Å². The van der Waals surface area contributed by atoms with Crippen LogP contribution in [0.2, 0.25) is 0 Å². The van der Waals surface area contributed by atoms with Crippen LogP contribution >= 0.6 is 0 Å². The van der Waals surface area contributed by atoms with Crippen molar-refractivity contribution < 1.29 is 4.79 Å². The van der Waals surface area contributed by atoms with Crippen molar-refractivity contribution in [3.05, 3.63) is 0 Å². The van der Waals surface area contributed by atoms with E-state index in [2.05, 4.69) is 36.4 Å². The summed E-state index contributed by atoms with van der Waals surface area (Å²) >= 11 is 0. The molecule has 0 bridgehead atoms. The number of carbonyl (C=O) groups is 1. The Morgan fingerprint density at radius 1 is 1.47 bits per heavy atom. The third-order valence-corrected chi connectivity index (χ3v) is 3.77. The molecule has 0 aromatic heterocycles. The molecule has 1 unspecified atom stereocenters. The van der Waals surface area contributed by atoms with Gasteiger partial charge < -0.3 is 15.5 Å². The number of carbonyl (C=O) groups excluding carboxylic acids is 1.